The summed E-state index contributed by atoms with van der Waals surface area (Å²) >= 11 is 6.67. The van der Waals surface area contributed by atoms with E-state index in [-0.39, 0.29) is 18.2 Å². The number of aromatic amines is 1. The van der Waals surface area contributed by atoms with Crippen molar-refractivity contribution in [1.82, 2.24) is 34.5 Å². The molecule has 10 nitrogen and oxygen atoms in total. The highest BCUT2D eigenvalue weighted by atomic mass is 35.5. The van der Waals surface area contributed by atoms with Gasteiger partial charge in [0, 0.05) is 45.8 Å². The van der Waals surface area contributed by atoms with E-state index in [1.807, 2.05) is 41.7 Å². The first-order valence-corrected chi connectivity index (χ1v) is 16.1. The van der Waals surface area contributed by atoms with Crippen LogP contribution >= 0.6 is 59.0 Å². The van der Waals surface area contributed by atoms with Crippen molar-refractivity contribution in [3.8, 4) is 10.6 Å². The molecule has 1 aromatic carbocycles. The molecule has 0 amide bonds. The SMILES string of the molecule is Cc1c(SCCCSc2ccc3ncc([N+](=O)[O-])n3n2)ccnc1CSc1nc2ccc(-c3nccs3)cc2[nH]1.Cl. The summed E-state index contributed by atoms with van der Waals surface area (Å²) in [6, 6.07) is 11.9. The number of aromatic nitrogens is 7. The Balaban J connectivity index is 0.00000337. The van der Waals surface area contributed by atoms with Crippen LogP contribution in [-0.4, -0.2) is 51.0 Å². The van der Waals surface area contributed by atoms with E-state index in [9.17, 15) is 10.1 Å². The highest BCUT2D eigenvalue weighted by Gasteiger charge is 2.16. The monoisotopic (exact) mass is 642 g/mol. The molecule has 15 heteroatoms. The van der Waals surface area contributed by atoms with E-state index in [1.165, 1.54) is 21.2 Å². The molecule has 5 heterocycles. The molecular weight excluding hydrogens is 620 g/mol. The molecule has 210 valence electrons. The number of imidazole rings is 2. The zero-order chi connectivity index (χ0) is 27.5. The predicted octanol–water partition coefficient (Wildman–Crippen LogP) is 7.33. The number of pyridine rings is 1. The number of fused-ring (bicyclic) bond motifs is 2. The Hall–Kier alpha value is -3.17. The van der Waals surface area contributed by atoms with Gasteiger partial charge in [0.25, 0.3) is 0 Å². The van der Waals surface area contributed by atoms with Crippen molar-refractivity contribution in [2.45, 2.75) is 34.2 Å². The van der Waals surface area contributed by atoms with E-state index in [4.69, 9.17) is 4.98 Å². The van der Waals surface area contributed by atoms with Gasteiger partial charge in [-0.25, -0.2) is 15.0 Å². The van der Waals surface area contributed by atoms with E-state index >= 15 is 0 Å². The second-order valence-corrected chi connectivity index (χ2v) is 12.8. The molecule has 0 fully saturated rings. The Bertz CT molecular complexity index is 1810. The lowest BCUT2D eigenvalue weighted by molar-refractivity contribution is -0.391. The van der Waals surface area contributed by atoms with Crippen molar-refractivity contribution in [2.24, 2.45) is 0 Å². The number of thiazole rings is 1. The first-order valence-electron chi connectivity index (χ1n) is 12.3. The van der Waals surface area contributed by atoms with Crippen molar-refractivity contribution in [2.75, 3.05) is 11.5 Å². The molecule has 6 rings (SSSR count). The fourth-order valence-corrected chi connectivity index (χ4v) is 7.54. The zero-order valence-corrected chi connectivity index (χ0v) is 25.7. The predicted molar refractivity (Wildman–Crippen MR) is 169 cm³/mol. The first kappa shape index (κ1) is 29.3. The van der Waals surface area contributed by atoms with Crippen LogP contribution in [0.4, 0.5) is 5.82 Å². The van der Waals surface area contributed by atoms with Crippen LogP contribution in [0.1, 0.15) is 17.7 Å². The molecule has 0 atom stereocenters. The zero-order valence-electron chi connectivity index (χ0n) is 21.6. The summed E-state index contributed by atoms with van der Waals surface area (Å²) in [6.07, 6.45) is 5.89. The summed E-state index contributed by atoms with van der Waals surface area (Å²) in [4.78, 5) is 33.1. The Kier molecular flexibility index (Phi) is 9.45. The van der Waals surface area contributed by atoms with Crippen molar-refractivity contribution in [1.29, 1.82) is 0 Å². The summed E-state index contributed by atoms with van der Waals surface area (Å²) < 4.78 is 1.28. The maximum Gasteiger partial charge on any atom is 0.368 e. The normalized spacial score (nSPS) is 11.2. The summed E-state index contributed by atoms with van der Waals surface area (Å²) in [5.41, 5.74) is 5.73. The van der Waals surface area contributed by atoms with Crippen LogP contribution in [0, 0.1) is 17.0 Å². The van der Waals surface area contributed by atoms with Gasteiger partial charge >= 0.3 is 5.82 Å². The van der Waals surface area contributed by atoms with Crippen molar-refractivity contribution in [3.63, 3.8) is 0 Å². The van der Waals surface area contributed by atoms with E-state index in [0.29, 0.717) is 5.65 Å². The second kappa shape index (κ2) is 13.2. The van der Waals surface area contributed by atoms with Crippen LogP contribution in [0.2, 0.25) is 0 Å². The Labute approximate surface area is 257 Å². The number of nitrogens with zero attached hydrogens (tertiary/aromatic N) is 7. The average molecular weight is 643 g/mol. The molecule has 0 bridgehead atoms. The maximum absolute atomic E-state index is 11.2. The van der Waals surface area contributed by atoms with Gasteiger partial charge in [-0.1, -0.05) is 21.4 Å². The lowest BCUT2D eigenvalue weighted by Crippen LogP contribution is -1.99. The number of thioether (sulfide) groups is 3. The lowest BCUT2D eigenvalue weighted by atomic mass is 10.2. The van der Waals surface area contributed by atoms with E-state index in [1.54, 1.807) is 40.9 Å². The fraction of sp³-hybridized carbons (Fsp3) is 0.192. The van der Waals surface area contributed by atoms with Gasteiger partial charge in [0.2, 0.25) is 5.65 Å². The van der Waals surface area contributed by atoms with Gasteiger partial charge < -0.3 is 15.1 Å². The van der Waals surface area contributed by atoms with Gasteiger partial charge in [-0.15, -0.1) is 47.3 Å². The average Bonchev–Trinajstić information content (AvgIpc) is 3.72. The minimum Gasteiger partial charge on any atom is -0.358 e. The van der Waals surface area contributed by atoms with E-state index in [0.717, 1.165) is 61.2 Å². The van der Waals surface area contributed by atoms with E-state index in [2.05, 4.69) is 50.2 Å². The highest BCUT2D eigenvalue weighted by molar-refractivity contribution is 8.00. The van der Waals surface area contributed by atoms with Crippen LogP contribution in [0.15, 0.2) is 75.4 Å². The number of H-pyrrole nitrogens is 1. The van der Waals surface area contributed by atoms with Crippen molar-refractivity contribution < 1.29 is 4.92 Å². The topological polar surface area (TPSA) is 128 Å². The minimum absolute atomic E-state index is 0. The molecule has 0 radical (unpaired) electrons. The number of benzene rings is 1. The number of rotatable bonds is 11. The number of halogens is 1. The Morgan fingerprint density at radius 2 is 1.93 bits per heavy atom. The molecule has 0 aliphatic heterocycles. The molecular formula is C26H23ClN8O2S4. The first-order chi connectivity index (χ1) is 19.5. The van der Waals surface area contributed by atoms with Crippen molar-refractivity contribution in [3.05, 3.63) is 81.7 Å². The Morgan fingerprint density at radius 3 is 2.76 bits per heavy atom. The molecule has 0 saturated carbocycles. The smallest absolute Gasteiger partial charge is 0.358 e. The summed E-state index contributed by atoms with van der Waals surface area (Å²) in [7, 11) is 0. The highest BCUT2D eigenvalue weighted by Crippen LogP contribution is 2.31. The number of nitrogens with one attached hydrogen (secondary N) is 1. The van der Waals surface area contributed by atoms with Crippen LogP contribution in [-0.2, 0) is 5.75 Å². The third-order valence-corrected chi connectivity index (χ3v) is 10.0. The summed E-state index contributed by atoms with van der Waals surface area (Å²) in [5.74, 6) is 2.40. The van der Waals surface area contributed by atoms with Gasteiger partial charge in [-0.05, 0) is 59.9 Å². The number of nitro groups is 1. The molecule has 0 aliphatic carbocycles. The fourth-order valence-electron chi connectivity index (χ4n) is 4.01. The maximum atomic E-state index is 11.2. The third kappa shape index (κ3) is 6.67. The molecule has 0 unspecified atom stereocenters. The van der Waals surface area contributed by atoms with Crippen LogP contribution in [0.3, 0.4) is 0 Å². The minimum atomic E-state index is -0.474. The summed E-state index contributed by atoms with van der Waals surface area (Å²) in [6.45, 7) is 2.12. The molecule has 0 saturated heterocycles. The number of hydrogen-bond acceptors (Lipinski definition) is 11. The van der Waals surface area contributed by atoms with Gasteiger partial charge in [-0.3, -0.25) is 4.98 Å². The van der Waals surface area contributed by atoms with Crippen LogP contribution in [0.5, 0.6) is 0 Å². The molecule has 1 N–H and O–H groups in total. The van der Waals surface area contributed by atoms with Crippen LogP contribution in [0.25, 0.3) is 27.3 Å². The van der Waals surface area contributed by atoms with Gasteiger partial charge in [0.05, 0.1) is 16.7 Å². The van der Waals surface area contributed by atoms with Gasteiger partial charge in [0.1, 0.15) is 16.2 Å². The largest absolute Gasteiger partial charge is 0.368 e. The number of hydrogen-bond donors (Lipinski definition) is 1. The van der Waals surface area contributed by atoms with Gasteiger partial charge in [0.15, 0.2) is 5.16 Å². The standard InChI is InChI=1S/C26H22N8O2S4.ClH/c1-16-20(15-40-26-30-18-4-3-17(13-19(18)31-26)25-28-9-12-39-25)27-8-7-21(16)37-10-2-11-38-23-6-5-22-29-14-24(34(35)36)33(22)32-23;/h3-9,12-14H,2,10-11,15H2,1H3,(H,30,31);1H. The quantitative estimate of drug-likeness (QED) is 0.0664. The third-order valence-electron chi connectivity index (χ3n) is 6.05. The molecule has 0 spiro atoms. The van der Waals surface area contributed by atoms with Crippen molar-refractivity contribution >= 4 is 81.5 Å². The molecule has 0 aliphatic rings. The Morgan fingerprint density at radius 1 is 1.05 bits per heavy atom. The summed E-state index contributed by atoms with van der Waals surface area (Å²) in [5, 5.41) is 20.1. The molecule has 41 heavy (non-hydrogen) atoms. The van der Waals surface area contributed by atoms with Crippen LogP contribution < -0.4 is 0 Å². The molecule has 6 aromatic rings. The molecule has 5 aromatic heterocycles. The lowest BCUT2D eigenvalue weighted by Gasteiger charge is -2.09. The second-order valence-electron chi connectivity index (χ2n) is 8.65. The van der Waals surface area contributed by atoms with Gasteiger partial charge in [-0.2, -0.15) is 0 Å². The van der Waals surface area contributed by atoms with E-state index < -0.39 is 4.92 Å².